The molecule has 1 aliphatic rings. The zero-order valence-electron chi connectivity index (χ0n) is 19.5. The summed E-state index contributed by atoms with van der Waals surface area (Å²) in [5.74, 6) is 2.35. The standard InChI is InChI=1S/C26H30ClN3O3/c1-5-17(2)29(25(31)19-9-10-19)16-24-18(3)28-30(21-8-6-7-20(27)15-21)26(24)33-23-13-11-22(32-4)12-14-23/h6-8,11-15,17,19H,5,9-10,16H2,1-4H3. The molecule has 2 aromatic carbocycles. The summed E-state index contributed by atoms with van der Waals surface area (Å²) >= 11 is 6.27. The molecular weight excluding hydrogens is 438 g/mol. The molecular formula is C26H30ClN3O3. The van der Waals surface area contributed by atoms with Gasteiger partial charge in [0.15, 0.2) is 0 Å². The highest BCUT2D eigenvalue weighted by atomic mass is 35.5. The number of halogens is 1. The Morgan fingerprint density at radius 1 is 1.21 bits per heavy atom. The molecule has 1 aromatic heterocycles. The average Bonchev–Trinajstić information content (AvgIpc) is 3.63. The minimum Gasteiger partial charge on any atom is -0.497 e. The Hall–Kier alpha value is -2.99. The average molecular weight is 468 g/mol. The van der Waals surface area contributed by atoms with E-state index in [9.17, 15) is 4.79 Å². The first kappa shape index (κ1) is 23.2. The molecule has 33 heavy (non-hydrogen) atoms. The second-order valence-corrected chi connectivity index (χ2v) is 8.97. The Morgan fingerprint density at radius 3 is 2.52 bits per heavy atom. The Morgan fingerprint density at radius 2 is 1.91 bits per heavy atom. The van der Waals surface area contributed by atoms with Crippen molar-refractivity contribution in [3.05, 3.63) is 64.8 Å². The van der Waals surface area contributed by atoms with E-state index in [1.807, 2.05) is 60.4 Å². The predicted molar refractivity (Wildman–Crippen MR) is 129 cm³/mol. The lowest BCUT2D eigenvalue weighted by Gasteiger charge is -2.29. The number of hydrogen-bond donors (Lipinski definition) is 0. The number of rotatable bonds is 9. The first-order valence-electron chi connectivity index (χ1n) is 11.4. The first-order valence-corrected chi connectivity index (χ1v) is 11.8. The van der Waals surface area contributed by atoms with Gasteiger partial charge in [-0.1, -0.05) is 24.6 Å². The molecule has 0 aliphatic heterocycles. The summed E-state index contributed by atoms with van der Waals surface area (Å²) in [6.07, 6.45) is 2.83. The Labute approximate surface area is 200 Å². The summed E-state index contributed by atoms with van der Waals surface area (Å²) < 4.78 is 13.4. The number of methoxy groups -OCH3 is 1. The zero-order chi connectivity index (χ0) is 23.5. The number of carbonyl (C=O) groups excluding carboxylic acids is 1. The monoisotopic (exact) mass is 467 g/mol. The molecule has 1 atom stereocenters. The number of ether oxygens (including phenoxy) is 2. The van der Waals surface area contributed by atoms with Crippen molar-refractivity contribution in [3.8, 4) is 23.1 Å². The van der Waals surface area contributed by atoms with Crippen LogP contribution in [0.1, 0.15) is 44.4 Å². The summed E-state index contributed by atoms with van der Waals surface area (Å²) in [6, 6.07) is 15.0. The molecule has 0 saturated heterocycles. The lowest BCUT2D eigenvalue weighted by Crippen LogP contribution is -2.38. The van der Waals surface area contributed by atoms with E-state index in [0.29, 0.717) is 23.2 Å². The van der Waals surface area contributed by atoms with Crippen molar-refractivity contribution in [2.24, 2.45) is 5.92 Å². The lowest BCUT2D eigenvalue weighted by molar-refractivity contribution is -0.135. The molecule has 0 N–H and O–H groups in total. The van der Waals surface area contributed by atoms with Gasteiger partial charge >= 0.3 is 0 Å². The second-order valence-electron chi connectivity index (χ2n) is 8.54. The van der Waals surface area contributed by atoms with Gasteiger partial charge in [-0.15, -0.1) is 0 Å². The molecule has 0 bridgehead atoms. The zero-order valence-corrected chi connectivity index (χ0v) is 20.3. The van der Waals surface area contributed by atoms with Crippen LogP contribution in [-0.2, 0) is 11.3 Å². The summed E-state index contributed by atoms with van der Waals surface area (Å²) in [5.41, 5.74) is 2.50. The van der Waals surface area contributed by atoms with E-state index in [2.05, 4.69) is 13.8 Å². The smallest absolute Gasteiger partial charge is 0.227 e. The summed E-state index contributed by atoms with van der Waals surface area (Å²) in [7, 11) is 1.63. The number of hydrogen-bond acceptors (Lipinski definition) is 4. The van der Waals surface area contributed by atoms with Gasteiger partial charge in [0.2, 0.25) is 11.8 Å². The highest BCUT2D eigenvalue weighted by Crippen LogP contribution is 2.36. The molecule has 1 aliphatic carbocycles. The maximum Gasteiger partial charge on any atom is 0.227 e. The molecule has 7 heteroatoms. The van der Waals surface area contributed by atoms with Crippen LogP contribution < -0.4 is 9.47 Å². The van der Waals surface area contributed by atoms with Crippen LogP contribution in [0.2, 0.25) is 5.02 Å². The van der Waals surface area contributed by atoms with Crippen LogP contribution in [0.15, 0.2) is 48.5 Å². The van der Waals surface area contributed by atoms with E-state index in [-0.39, 0.29) is 17.9 Å². The van der Waals surface area contributed by atoms with Gasteiger partial charge in [0, 0.05) is 17.0 Å². The van der Waals surface area contributed by atoms with Crippen molar-refractivity contribution in [3.63, 3.8) is 0 Å². The molecule has 0 spiro atoms. The van der Waals surface area contributed by atoms with Crippen LogP contribution >= 0.6 is 11.6 Å². The number of aryl methyl sites for hydroxylation is 1. The highest BCUT2D eigenvalue weighted by molar-refractivity contribution is 6.30. The largest absolute Gasteiger partial charge is 0.497 e. The fraction of sp³-hybridized carbons (Fsp3) is 0.385. The highest BCUT2D eigenvalue weighted by Gasteiger charge is 2.36. The van der Waals surface area contributed by atoms with Crippen molar-refractivity contribution >= 4 is 17.5 Å². The molecule has 3 aromatic rings. The van der Waals surface area contributed by atoms with Gasteiger partial charge in [-0.25, -0.2) is 4.68 Å². The fourth-order valence-electron chi connectivity index (χ4n) is 3.77. The predicted octanol–water partition coefficient (Wildman–Crippen LogP) is 6.17. The summed E-state index contributed by atoms with van der Waals surface area (Å²) in [6.45, 7) is 6.60. The van der Waals surface area contributed by atoms with E-state index in [1.54, 1.807) is 11.8 Å². The quantitative estimate of drug-likeness (QED) is 0.377. The molecule has 6 nitrogen and oxygen atoms in total. The third-order valence-electron chi connectivity index (χ3n) is 6.13. The second kappa shape index (κ2) is 9.87. The topological polar surface area (TPSA) is 56.6 Å². The van der Waals surface area contributed by atoms with E-state index >= 15 is 0 Å². The van der Waals surface area contributed by atoms with Crippen molar-refractivity contribution < 1.29 is 14.3 Å². The third-order valence-corrected chi connectivity index (χ3v) is 6.36. The van der Waals surface area contributed by atoms with Gasteiger partial charge in [-0.3, -0.25) is 4.79 Å². The maximum atomic E-state index is 13.1. The van der Waals surface area contributed by atoms with Crippen LogP contribution in [-0.4, -0.2) is 33.7 Å². The molecule has 1 heterocycles. The lowest BCUT2D eigenvalue weighted by atomic mass is 10.1. The molecule has 1 amide bonds. The third kappa shape index (κ3) is 5.17. The normalized spacial score (nSPS) is 14.1. The van der Waals surface area contributed by atoms with E-state index in [1.165, 1.54) is 0 Å². The Bertz CT molecular complexity index is 1120. The summed E-state index contributed by atoms with van der Waals surface area (Å²) in [5, 5.41) is 5.39. The number of amides is 1. The summed E-state index contributed by atoms with van der Waals surface area (Å²) in [4.78, 5) is 15.1. The van der Waals surface area contributed by atoms with Crippen LogP contribution in [0.5, 0.6) is 17.4 Å². The molecule has 1 fully saturated rings. The molecule has 4 rings (SSSR count). The van der Waals surface area contributed by atoms with Crippen LogP contribution in [0.4, 0.5) is 0 Å². The van der Waals surface area contributed by atoms with Crippen LogP contribution in [0.3, 0.4) is 0 Å². The van der Waals surface area contributed by atoms with Gasteiger partial charge in [0.05, 0.1) is 30.6 Å². The minimum absolute atomic E-state index is 0.126. The van der Waals surface area contributed by atoms with Crippen molar-refractivity contribution in [1.82, 2.24) is 14.7 Å². The van der Waals surface area contributed by atoms with E-state index < -0.39 is 0 Å². The number of nitrogens with zero attached hydrogens (tertiary/aromatic N) is 3. The number of benzene rings is 2. The fourth-order valence-corrected chi connectivity index (χ4v) is 3.95. The van der Waals surface area contributed by atoms with Gasteiger partial charge in [-0.05, 0) is 75.6 Å². The number of aromatic nitrogens is 2. The van der Waals surface area contributed by atoms with Gasteiger partial charge in [0.25, 0.3) is 0 Å². The SMILES string of the molecule is CCC(C)N(Cc1c(C)nn(-c2cccc(Cl)c2)c1Oc1ccc(OC)cc1)C(=O)C1CC1. The Kier molecular flexibility index (Phi) is 6.94. The maximum absolute atomic E-state index is 13.1. The number of carbonyl (C=O) groups is 1. The van der Waals surface area contributed by atoms with Crippen LogP contribution in [0, 0.1) is 12.8 Å². The van der Waals surface area contributed by atoms with Crippen LogP contribution in [0.25, 0.3) is 5.69 Å². The molecule has 174 valence electrons. The van der Waals surface area contributed by atoms with Gasteiger partial charge < -0.3 is 14.4 Å². The first-order chi connectivity index (χ1) is 15.9. The minimum atomic E-state index is 0.126. The molecule has 1 unspecified atom stereocenters. The van der Waals surface area contributed by atoms with Crippen molar-refractivity contribution in [2.75, 3.05) is 7.11 Å². The van der Waals surface area contributed by atoms with E-state index in [4.69, 9.17) is 26.2 Å². The molecule has 0 radical (unpaired) electrons. The Balaban J connectivity index is 1.76. The van der Waals surface area contributed by atoms with Gasteiger partial charge in [-0.2, -0.15) is 5.10 Å². The van der Waals surface area contributed by atoms with E-state index in [0.717, 1.165) is 42.0 Å². The van der Waals surface area contributed by atoms with Crippen molar-refractivity contribution in [1.29, 1.82) is 0 Å². The van der Waals surface area contributed by atoms with Crippen molar-refractivity contribution in [2.45, 2.75) is 52.6 Å². The molecule has 1 saturated carbocycles. The van der Waals surface area contributed by atoms with Gasteiger partial charge in [0.1, 0.15) is 11.5 Å².